The van der Waals surface area contributed by atoms with Crippen molar-refractivity contribution in [1.29, 1.82) is 0 Å². The Balaban J connectivity index is 1.95. The van der Waals surface area contributed by atoms with Gasteiger partial charge in [-0.25, -0.2) is 0 Å². The van der Waals surface area contributed by atoms with Crippen molar-refractivity contribution in [3.63, 3.8) is 0 Å². The molecule has 1 aliphatic heterocycles. The van der Waals surface area contributed by atoms with Gasteiger partial charge in [-0.15, -0.1) is 0 Å². The molecule has 1 saturated carbocycles. The third-order valence-electron chi connectivity index (χ3n) is 5.76. The summed E-state index contributed by atoms with van der Waals surface area (Å²) in [5, 5.41) is 3.91. The van der Waals surface area contributed by atoms with Crippen molar-refractivity contribution in [1.82, 2.24) is 10.2 Å². The topological polar surface area (TPSA) is 24.5 Å². The second kappa shape index (κ2) is 6.97. The van der Waals surface area contributed by atoms with Crippen LogP contribution in [-0.2, 0) is 4.74 Å². The molecule has 21 heavy (non-hydrogen) atoms. The molecule has 0 radical (unpaired) electrons. The number of nitrogens with zero attached hydrogens (tertiary/aromatic N) is 1. The molecular formula is C18H36N2O. The number of ether oxygens (including phenoxy) is 1. The Morgan fingerprint density at radius 1 is 1.24 bits per heavy atom. The van der Waals surface area contributed by atoms with Crippen LogP contribution in [0.1, 0.15) is 60.3 Å². The monoisotopic (exact) mass is 296 g/mol. The smallest absolute Gasteiger partial charge is 0.0593 e. The number of rotatable bonds is 8. The van der Waals surface area contributed by atoms with Gasteiger partial charge in [0.1, 0.15) is 0 Å². The fraction of sp³-hybridized carbons (Fsp3) is 1.00. The van der Waals surface area contributed by atoms with E-state index in [4.69, 9.17) is 4.74 Å². The molecule has 0 aromatic heterocycles. The fourth-order valence-electron chi connectivity index (χ4n) is 3.85. The molecule has 0 aromatic carbocycles. The summed E-state index contributed by atoms with van der Waals surface area (Å²) >= 11 is 0. The Bertz CT molecular complexity index is 323. The van der Waals surface area contributed by atoms with Crippen LogP contribution < -0.4 is 5.32 Å². The normalized spacial score (nSPS) is 30.0. The molecule has 0 aromatic rings. The van der Waals surface area contributed by atoms with Gasteiger partial charge in [-0.05, 0) is 44.4 Å². The summed E-state index contributed by atoms with van der Waals surface area (Å²) in [5.74, 6) is 1.52. The predicted octanol–water partition coefficient (Wildman–Crippen LogP) is 3.29. The molecule has 1 aliphatic carbocycles. The molecule has 2 aliphatic rings. The van der Waals surface area contributed by atoms with Crippen LogP contribution in [0, 0.1) is 11.8 Å². The Morgan fingerprint density at radius 3 is 2.43 bits per heavy atom. The maximum atomic E-state index is 5.86. The largest absolute Gasteiger partial charge is 0.380 e. The van der Waals surface area contributed by atoms with Gasteiger partial charge in [0.05, 0.1) is 6.61 Å². The molecule has 2 fully saturated rings. The van der Waals surface area contributed by atoms with Crippen molar-refractivity contribution in [2.24, 2.45) is 11.8 Å². The molecule has 124 valence electrons. The molecule has 3 heteroatoms. The first-order valence-corrected chi connectivity index (χ1v) is 9.03. The molecule has 0 bridgehead atoms. The summed E-state index contributed by atoms with van der Waals surface area (Å²) in [6.07, 6.45) is 5.27. The molecule has 1 atom stereocenters. The summed E-state index contributed by atoms with van der Waals surface area (Å²) in [6, 6.07) is 0. The second-order valence-electron chi connectivity index (χ2n) is 7.87. The van der Waals surface area contributed by atoms with E-state index < -0.39 is 0 Å². The lowest BCUT2D eigenvalue weighted by Gasteiger charge is -2.54. The minimum atomic E-state index is 0.325. The van der Waals surface area contributed by atoms with Gasteiger partial charge in [-0.1, -0.05) is 27.7 Å². The van der Waals surface area contributed by atoms with Gasteiger partial charge < -0.3 is 10.1 Å². The zero-order valence-electron chi connectivity index (χ0n) is 14.9. The van der Waals surface area contributed by atoms with E-state index in [-0.39, 0.29) is 0 Å². The van der Waals surface area contributed by atoms with E-state index in [0.29, 0.717) is 17.0 Å². The van der Waals surface area contributed by atoms with E-state index in [1.165, 1.54) is 32.2 Å². The highest BCUT2D eigenvalue weighted by Crippen LogP contribution is 2.43. The second-order valence-corrected chi connectivity index (χ2v) is 7.87. The molecule has 1 heterocycles. The van der Waals surface area contributed by atoms with E-state index in [1.54, 1.807) is 0 Å². The van der Waals surface area contributed by atoms with Crippen molar-refractivity contribution in [3.8, 4) is 0 Å². The van der Waals surface area contributed by atoms with E-state index in [1.807, 2.05) is 0 Å². The third-order valence-corrected chi connectivity index (χ3v) is 5.76. The van der Waals surface area contributed by atoms with Gasteiger partial charge in [-0.2, -0.15) is 0 Å². The number of hydrogen-bond acceptors (Lipinski definition) is 3. The Labute approximate surface area is 131 Å². The summed E-state index contributed by atoms with van der Waals surface area (Å²) in [5.41, 5.74) is 0.654. The summed E-state index contributed by atoms with van der Waals surface area (Å²) in [4.78, 5) is 2.74. The first kappa shape index (κ1) is 17.2. The first-order valence-electron chi connectivity index (χ1n) is 9.03. The summed E-state index contributed by atoms with van der Waals surface area (Å²) < 4.78 is 5.86. The van der Waals surface area contributed by atoms with Crippen molar-refractivity contribution in [2.45, 2.75) is 71.4 Å². The predicted molar refractivity (Wildman–Crippen MR) is 89.7 cm³/mol. The number of piperazine rings is 1. The third kappa shape index (κ3) is 4.00. The molecule has 0 amide bonds. The SMILES string of the molecule is CCC1(CC)CNC(C)(C2CC2)CN1CCOCC(C)C. The van der Waals surface area contributed by atoms with Crippen LogP contribution >= 0.6 is 0 Å². The standard InChI is InChI=1S/C18H36N2O/c1-6-18(7-2)13-19-17(5,16-8-9-16)14-20(18)10-11-21-12-15(3)4/h15-16,19H,6-14H2,1-5H3. The summed E-state index contributed by atoms with van der Waals surface area (Å²) in [7, 11) is 0. The van der Waals surface area contributed by atoms with Crippen LogP contribution in [0.3, 0.4) is 0 Å². The van der Waals surface area contributed by atoms with Crippen molar-refractivity contribution >= 4 is 0 Å². The minimum absolute atomic E-state index is 0.325. The van der Waals surface area contributed by atoms with Crippen molar-refractivity contribution in [2.75, 3.05) is 32.8 Å². The van der Waals surface area contributed by atoms with Gasteiger partial charge >= 0.3 is 0 Å². The molecule has 1 unspecified atom stereocenters. The molecule has 1 saturated heterocycles. The van der Waals surface area contributed by atoms with E-state index in [9.17, 15) is 0 Å². The van der Waals surface area contributed by atoms with Crippen molar-refractivity contribution in [3.05, 3.63) is 0 Å². The maximum absolute atomic E-state index is 5.86. The maximum Gasteiger partial charge on any atom is 0.0593 e. The van der Waals surface area contributed by atoms with Crippen LogP contribution in [0.5, 0.6) is 0 Å². The number of nitrogens with one attached hydrogen (secondary N) is 1. The van der Waals surface area contributed by atoms with Crippen molar-refractivity contribution < 1.29 is 4.74 Å². The van der Waals surface area contributed by atoms with Gasteiger partial charge in [0, 0.05) is 37.3 Å². The number of hydrogen-bond donors (Lipinski definition) is 1. The molecule has 3 nitrogen and oxygen atoms in total. The first-order chi connectivity index (χ1) is 9.96. The van der Waals surface area contributed by atoms with Gasteiger partial charge in [0.15, 0.2) is 0 Å². The van der Waals surface area contributed by atoms with Crippen LogP contribution in [0.4, 0.5) is 0 Å². The average molecular weight is 296 g/mol. The van der Waals surface area contributed by atoms with Crippen LogP contribution in [0.25, 0.3) is 0 Å². The van der Waals surface area contributed by atoms with E-state index >= 15 is 0 Å². The van der Waals surface area contributed by atoms with E-state index in [0.717, 1.165) is 32.2 Å². The van der Waals surface area contributed by atoms with E-state index in [2.05, 4.69) is 44.8 Å². The molecule has 0 spiro atoms. The highest BCUT2D eigenvalue weighted by Gasteiger charge is 2.49. The van der Waals surface area contributed by atoms with Gasteiger partial charge in [0.2, 0.25) is 0 Å². The lowest BCUT2D eigenvalue weighted by atomic mass is 9.81. The van der Waals surface area contributed by atoms with Gasteiger partial charge in [-0.3, -0.25) is 4.90 Å². The van der Waals surface area contributed by atoms with Gasteiger partial charge in [0.25, 0.3) is 0 Å². The Kier molecular flexibility index (Phi) is 5.72. The van der Waals surface area contributed by atoms with Crippen LogP contribution in [0.15, 0.2) is 0 Å². The molecular weight excluding hydrogens is 260 g/mol. The Morgan fingerprint density at radius 2 is 1.90 bits per heavy atom. The van der Waals surface area contributed by atoms with Crippen LogP contribution in [-0.4, -0.2) is 48.8 Å². The molecule has 2 rings (SSSR count). The highest BCUT2D eigenvalue weighted by atomic mass is 16.5. The zero-order valence-corrected chi connectivity index (χ0v) is 14.9. The highest BCUT2D eigenvalue weighted by molar-refractivity contribution is 5.08. The van der Waals surface area contributed by atoms with Crippen LogP contribution in [0.2, 0.25) is 0 Å². The Hall–Kier alpha value is -0.120. The fourth-order valence-corrected chi connectivity index (χ4v) is 3.85. The minimum Gasteiger partial charge on any atom is -0.380 e. The lowest BCUT2D eigenvalue weighted by Crippen LogP contribution is -2.70. The quantitative estimate of drug-likeness (QED) is 0.696. The lowest BCUT2D eigenvalue weighted by molar-refractivity contribution is -0.0243. The average Bonchev–Trinajstić information content (AvgIpc) is 3.29. The molecule has 1 N–H and O–H groups in total. The zero-order chi connectivity index (χ0) is 15.5. The summed E-state index contributed by atoms with van der Waals surface area (Å²) in [6.45, 7) is 16.7.